The van der Waals surface area contributed by atoms with Gasteiger partial charge in [-0.05, 0) is 42.6 Å². The minimum absolute atomic E-state index is 0.149. The molecule has 0 amide bonds. The molecule has 3 heteroatoms. The lowest BCUT2D eigenvalue weighted by Gasteiger charge is -2.10. The van der Waals surface area contributed by atoms with Gasteiger partial charge in [-0.2, -0.15) is 0 Å². The summed E-state index contributed by atoms with van der Waals surface area (Å²) in [6.45, 7) is 2.62. The predicted molar refractivity (Wildman–Crippen MR) is 79.9 cm³/mol. The zero-order valence-electron chi connectivity index (χ0n) is 11.0. The molecule has 0 atom stereocenters. The van der Waals surface area contributed by atoms with Crippen molar-refractivity contribution in [2.24, 2.45) is 5.73 Å². The number of thioether (sulfide) groups is 1. The van der Waals surface area contributed by atoms with Crippen LogP contribution in [0.2, 0.25) is 0 Å². The molecule has 2 aromatic rings. The molecule has 2 N–H and O–H groups in total. The van der Waals surface area contributed by atoms with Crippen molar-refractivity contribution in [2.45, 2.75) is 24.0 Å². The Morgan fingerprint density at radius 1 is 1.05 bits per heavy atom. The number of hydrogen-bond donors (Lipinski definition) is 1. The van der Waals surface area contributed by atoms with Crippen LogP contribution in [0.1, 0.15) is 16.7 Å². The summed E-state index contributed by atoms with van der Waals surface area (Å²) in [5, 5.41) is 0. The molecule has 0 radical (unpaired) electrons. The van der Waals surface area contributed by atoms with Crippen molar-refractivity contribution in [1.29, 1.82) is 0 Å². The summed E-state index contributed by atoms with van der Waals surface area (Å²) in [6.07, 6.45) is 0.716. The molecular weight excluding hydrogens is 257 g/mol. The third-order valence-corrected chi connectivity index (χ3v) is 4.30. The summed E-state index contributed by atoms with van der Waals surface area (Å²) in [7, 11) is 0. The lowest BCUT2D eigenvalue weighted by molar-refractivity contribution is 0.597. The zero-order chi connectivity index (χ0) is 13.7. The van der Waals surface area contributed by atoms with Crippen LogP contribution in [0, 0.1) is 12.7 Å². The fraction of sp³-hybridized carbons (Fsp3) is 0.250. The summed E-state index contributed by atoms with van der Waals surface area (Å²) in [5.41, 5.74) is 9.07. The Kier molecular flexibility index (Phi) is 5.00. The van der Waals surface area contributed by atoms with Gasteiger partial charge in [-0.15, -0.1) is 11.8 Å². The first-order valence-electron chi connectivity index (χ1n) is 6.37. The van der Waals surface area contributed by atoms with Crippen LogP contribution < -0.4 is 5.73 Å². The molecule has 0 aliphatic rings. The normalized spacial score (nSPS) is 10.7. The van der Waals surface area contributed by atoms with Crippen LogP contribution >= 0.6 is 11.8 Å². The minimum Gasteiger partial charge on any atom is -0.330 e. The summed E-state index contributed by atoms with van der Waals surface area (Å²) in [5.74, 6) is 0.634. The van der Waals surface area contributed by atoms with Crippen molar-refractivity contribution < 1.29 is 4.39 Å². The van der Waals surface area contributed by atoms with Crippen molar-refractivity contribution >= 4 is 11.8 Å². The molecule has 0 aliphatic carbocycles. The van der Waals surface area contributed by atoms with Crippen LogP contribution in [0.25, 0.3) is 0 Å². The Hall–Kier alpha value is -1.32. The molecule has 2 rings (SSSR count). The highest BCUT2D eigenvalue weighted by Gasteiger charge is 2.09. The first kappa shape index (κ1) is 14.1. The summed E-state index contributed by atoms with van der Waals surface area (Å²) in [4.78, 5) is 0.733. The van der Waals surface area contributed by atoms with E-state index in [0.29, 0.717) is 13.0 Å². The lowest BCUT2D eigenvalue weighted by atomic mass is 10.1. The first-order chi connectivity index (χ1) is 9.22. The van der Waals surface area contributed by atoms with E-state index >= 15 is 0 Å². The van der Waals surface area contributed by atoms with E-state index in [1.165, 1.54) is 17.2 Å². The largest absolute Gasteiger partial charge is 0.330 e. The van der Waals surface area contributed by atoms with Gasteiger partial charge in [-0.25, -0.2) is 4.39 Å². The average Bonchev–Trinajstić information content (AvgIpc) is 2.40. The second-order valence-corrected chi connectivity index (χ2v) is 5.47. The number of benzene rings is 2. The summed E-state index contributed by atoms with van der Waals surface area (Å²) >= 11 is 1.55. The molecule has 0 heterocycles. The number of aryl methyl sites for hydroxylation is 1. The van der Waals surface area contributed by atoms with Gasteiger partial charge in [-0.3, -0.25) is 0 Å². The lowest BCUT2D eigenvalue weighted by Crippen LogP contribution is -2.04. The predicted octanol–water partition coefficient (Wildman–Crippen LogP) is 3.93. The topological polar surface area (TPSA) is 26.0 Å². The third-order valence-electron chi connectivity index (χ3n) is 3.10. The Bertz CT molecular complexity index is 554. The molecule has 0 unspecified atom stereocenters. The standard InChI is InChI=1S/C16H18FNS/c1-12-5-2-3-6-14(12)11-19-16-13(9-10-18)7-4-8-15(16)17/h2-8H,9-11,18H2,1H3. The summed E-state index contributed by atoms with van der Waals surface area (Å²) < 4.78 is 13.9. The Balaban J connectivity index is 2.17. The highest BCUT2D eigenvalue weighted by Crippen LogP contribution is 2.30. The molecular formula is C16H18FNS. The van der Waals surface area contributed by atoms with Crippen LogP contribution in [-0.2, 0) is 12.2 Å². The first-order valence-corrected chi connectivity index (χ1v) is 7.35. The van der Waals surface area contributed by atoms with Gasteiger partial charge in [0.25, 0.3) is 0 Å². The highest BCUT2D eigenvalue weighted by molar-refractivity contribution is 7.98. The fourth-order valence-electron chi connectivity index (χ4n) is 1.99. The van der Waals surface area contributed by atoms with Gasteiger partial charge in [0.2, 0.25) is 0 Å². The van der Waals surface area contributed by atoms with Crippen molar-refractivity contribution in [1.82, 2.24) is 0 Å². The molecule has 0 aromatic heterocycles. The van der Waals surface area contributed by atoms with Crippen molar-refractivity contribution in [2.75, 3.05) is 6.54 Å². The molecule has 0 saturated carbocycles. The fourth-order valence-corrected chi connectivity index (χ4v) is 3.17. The third kappa shape index (κ3) is 3.58. The number of rotatable bonds is 5. The van der Waals surface area contributed by atoms with E-state index in [0.717, 1.165) is 16.2 Å². The van der Waals surface area contributed by atoms with Gasteiger partial charge in [0, 0.05) is 10.6 Å². The maximum atomic E-state index is 13.9. The van der Waals surface area contributed by atoms with E-state index in [-0.39, 0.29) is 5.82 Å². The second kappa shape index (κ2) is 6.73. The van der Waals surface area contributed by atoms with Gasteiger partial charge in [0.1, 0.15) is 5.82 Å². The van der Waals surface area contributed by atoms with Crippen LogP contribution in [-0.4, -0.2) is 6.54 Å². The Labute approximate surface area is 118 Å². The molecule has 0 saturated heterocycles. The van der Waals surface area contributed by atoms with E-state index in [1.807, 2.05) is 18.2 Å². The molecule has 2 aromatic carbocycles. The van der Waals surface area contributed by atoms with Crippen molar-refractivity contribution in [3.05, 3.63) is 65.0 Å². The Morgan fingerprint density at radius 3 is 2.53 bits per heavy atom. The molecule has 100 valence electrons. The molecule has 0 bridgehead atoms. The smallest absolute Gasteiger partial charge is 0.137 e. The van der Waals surface area contributed by atoms with Crippen molar-refractivity contribution in [3.8, 4) is 0 Å². The maximum absolute atomic E-state index is 13.9. The van der Waals surface area contributed by atoms with Gasteiger partial charge in [-0.1, -0.05) is 36.4 Å². The Morgan fingerprint density at radius 2 is 1.79 bits per heavy atom. The van der Waals surface area contributed by atoms with Gasteiger partial charge >= 0.3 is 0 Å². The molecule has 0 aliphatic heterocycles. The average molecular weight is 275 g/mol. The van der Waals surface area contributed by atoms with Crippen LogP contribution in [0.15, 0.2) is 47.4 Å². The number of nitrogens with two attached hydrogens (primary N) is 1. The quantitative estimate of drug-likeness (QED) is 0.837. The number of halogens is 1. The van der Waals surface area contributed by atoms with Gasteiger partial charge in [0.05, 0.1) is 0 Å². The monoisotopic (exact) mass is 275 g/mol. The molecule has 0 fully saturated rings. The zero-order valence-corrected chi connectivity index (χ0v) is 11.8. The van der Waals surface area contributed by atoms with Gasteiger partial charge < -0.3 is 5.73 Å². The number of hydrogen-bond acceptors (Lipinski definition) is 2. The van der Waals surface area contributed by atoms with E-state index in [9.17, 15) is 4.39 Å². The van der Waals surface area contributed by atoms with E-state index in [4.69, 9.17) is 5.73 Å². The van der Waals surface area contributed by atoms with Crippen LogP contribution in [0.4, 0.5) is 4.39 Å². The van der Waals surface area contributed by atoms with E-state index in [2.05, 4.69) is 19.1 Å². The maximum Gasteiger partial charge on any atom is 0.137 e. The SMILES string of the molecule is Cc1ccccc1CSc1c(F)cccc1CCN. The van der Waals surface area contributed by atoms with Gasteiger partial charge in [0.15, 0.2) is 0 Å². The molecule has 19 heavy (non-hydrogen) atoms. The molecule has 1 nitrogen and oxygen atoms in total. The van der Waals surface area contributed by atoms with Crippen LogP contribution in [0.5, 0.6) is 0 Å². The van der Waals surface area contributed by atoms with E-state index < -0.39 is 0 Å². The minimum atomic E-state index is -0.149. The van der Waals surface area contributed by atoms with Crippen LogP contribution in [0.3, 0.4) is 0 Å². The summed E-state index contributed by atoms with van der Waals surface area (Å²) in [6, 6.07) is 13.4. The highest BCUT2D eigenvalue weighted by atomic mass is 32.2. The van der Waals surface area contributed by atoms with Crippen molar-refractivity contribution in [3.63, 3.8) is 0 Å². The van der Waals surface area contributed by atoms with E-state index in [1.54, 1.807) is 17.8 Å². The molecule has 0 spiro atoms. The second-order valence-electron chi connectivity index (χ2n) is 4.48.